The first kappa shape index (κ1) is 17.1. The quantitative estimate of drug-likeness (QED) is 0.605. The number of carbonyl (C=O) groups excluding carboxylic acids is 1. The lowest BCUT2D eigenvalue weighted by atomic mass is 10.0. The van der Waals surface area contributed by atoms with Crippen LogP contribution >= 0.6 is 0 Å². The van der Waals surface area contributed by atoms with Crippen LogP contribution in [0.3, 0.4) is 0 Å². The van der Waals surface area contributed by atoms with Crippen molar-refractivity contribution in [1.82, 2.24) is 4.90 Å². The molecule has 0 saturated carbocycles. The number of ketones is 1. The average Bonchev–Trinajstić information content (AvgIpc) is 2.63. The number of ether oxygens (including phenoxy) is 1. The van der Waals surface area contributed by atoms with Crippen molar-refractivity contribution in [2.75, 3.05) is 13.1 Å². The third-order valence-electron chi connectivity index (χ3n) is 4.55. The number of nitro benzene ring substituents is 1. The van der Waals surface area contributed by atoms with E-state index in [-0.39, 0.29) is 11.7 Å². The van der Waals surface area contributed by atoms with Crippen molar-refractivity contribution in [2.45, 2.75) is 25.8 Å². The van der Waals surface area contributed by atoms with E-state index >= 15 is 0 Å². The van der Waals surface area contributed by atoms with Gasteiger partial charge in [-0.2, -0.15) is 0 Å². The fourth-order valence-corrected chi connectivity index (χ4v) is 2.96. The predicted octanol–water partition coefficient (Wildman–Crippen LogP) is 4.11. The molecule has 2 aromatic carbocycles. The van der Waals surface area contributed by atoms with Gasteiger partial charge in [-0.15, -0.1) is 0 Å². The lowest BCUT2D eigenvalue weighted by Gasteiger charge is -2.32. The molecule has 0 amide bonds. The number of rotatable bonds is 5. The molecule has 1 fully saturated rings. The Labute approximate surface area is 146 Å². The molecule has 1 aliphatic heterocycles. The number of hydrogen-bond acceptors (Lipinski definition) is 5. The maximum atomic E-state index is 11.4. The van der Waals surface area contributed by atoms with Crippen LogP contribution in [0.25, 0.3) is 0 Å². The molecule has 1 unspecified atom stereocenters. The van der Waals surface area contributed by atoms with E-state index in [1.165, 1.54) is 17.7 Å². The van der Waals surface area contributed by atoms with Gasteiger partial charge in [0.1, 0.15) is 17.3 Å². The predicted molar refractivity (Wildman–Crippen MR) is 93.8 cm³/mol. The van der Waals surface area contributed by atoms with Gasteiger partial charge >= 0.3 is 0 Å². The van der Waals surface area contributed by atoms with E-state index < -0.39 is 4.92 Å². The minimum Gasteiger partial charge on any atom is -0.457 e. The number of non-ortho nitro benzene ring substituents is 1. The molecule has 0 bridgehead atoms. The lowest BCUT2D eigenvalue weighted by Crippen LogP contribution is -2.35. The summed E-state index contributed by atoms with van der Waals surface area (Å²) >= 11 is 0. The number of hydrogen-bond donors (Lipinski definition) is 0. The van der Waals surface area contributed by atoms with E-state index in [4.69, 9.17) is 4.74 Å². The van der Waals surface area contributed by atoms with E-state index in [0.29, 0.717) is 30.1 Å². The normalized spacial score (nSPS) is 16.4. The Morgan fingerprint density at radius 2 is 1.52 bits per heavy atom. The highest BCUT2D eigenvalue weighted by molar-refractivity contribution is 5.79. The second-order valence-electron chi connectivity index (χ2n) is 6.17. The standard InChI is InChI=1S/C19H20N2O4/c1-14(20-12-10-17(22)11-13-20)15-2-6-18(7-3-15)25-19-8-4-16(5-9-19)21(23)24/h2-9,14H,10-13H2,1H3. The van der Waals surface area contributed by atoms with Crippen LogP contribution in [0.1, 0.15) is 31.4 Å². The monoisotopic (exact) mass is 340 g/mol. The molecule has 3 rings (SSSR count). The van der Waals surface area contributed by atoms with E-state index in [9.17, 15) is 14.9 Å². The Morgan fingerprint density at radius 1 is 1.00 bits per heavy atom. The first-order valence-electron chi connectivity index (χ1n) is 8.31. The molecule has 1 saturated heterocycles. The Morgan fingerprint density at radius 3 is 2.04 bits per heavy atom. The number of carbonyl (C=O) groups is 1. The summed E-state index contributed by atoms with van der Waals surface area (Å²) in [5.41, 5.74) is 1.21. The molecule has 0 spiro atoms. The summed E-state index contributed by atoms with van der Waals surface area (Å²) in [6.45, 7) is 3.75. The molecule has 1 heterocycles. The van der Waals surface area contributed by atoms with Crippen molar-refractivity contribution in [1.29, 1.82) is 0 Å². The number of nitro groups is 1. The highest BCUT2D eigenvalue weighted by atomic mass is 16.6. The van der Waals surface area contributed by atoms with Gasteiger partial charge in [-0.25, -0.2) is 0 Å². The zero-order valence-electron chi connectivity index (χ0n) is 14.1. The average molecular weight is 340 g/mol. The minimum atomic E-state index is -0.436. The second kappa shape index (κ2) is 7.44. The summed E-state index contributed by atoms with van der Waals surface area (Å²) < 4.78 is 5.73. The molecule has 0 radical (unpaired) electrons. The van der Waals surface area contributed by atoms with E-state index in [1.54, 1.807) is 12.1 Å². The van der Waals surface area contributed by atoms with Crippen LogP contribution < -0.4 is 4.74 Å². The number of likely N-dealkylation sites (tertiary alicyclic amines) is 1. The number of nitrogens with zero attached hydrogens (tertiary/aromatic N) is 2. The first-order valence-corrected chi connectivity index (χ1v) is 8.31. The van der Waals surface area contributed by atoms with Gasteiger partial charge < -0.3 is 4.74 Å². The third kappa shape index (κ3) is 4.22. The number of benzene rings is 2. The zero-order valence-corrected chi connectivity index (χ0v) is 14.1. The molecule has 2 aromatic rings. The molecular weight excluding hydrogens is 320 g/mol. The van der Waals surface area contributed by atoms with E-state index in [1.807, 2.05) is 24.3 Å². The number of piperidine rings is 1. The maximum absolute atomic E-state index is 11.4. The molecule has 0 aromatic heterocycles. The fourth-order valence-electron chi connectivity index (χ4n) is 2.96. The third-order valence-corrected chi connectivity index (χ3v) is 4.55. The Hall–Kier alpha value is -2.73. The van der Waals surface area contributed by atoms with Crippen molar-refractivity contribution >= 4 is 11.5 Å². The molecular formula is C19H20N2O4. The summed E-state index contributed by atoms with van der Waals surface area (Å²) in [6, 6.07) is 14.1. The van der Waals surface area contributed by atoms with Gasteiger partial charge in [0.2, 0.25) is 0 Å². The first-order chi connectivity index (χ1) is 12.0. The molecule has 0 aliphatic carbocycles. The van der Waals surface area contributed by atoms with Crippen molar-refractivity contribution in [2.24, 2.45) is 0 Å². The maximum Gasteiger partial charge on any atom is 0.269 e. The second-order valence-corrected chi connectivity index (χ2v) is 6.17. The van der Waals surface area contributed by atoms with Crippen LogP contribution in [-0.4, -0.2) is 28.7 Å². The molecule has 1 aliphatic rings. The van der Waals surface area contributed by atoms with Crippen LogP contribution in [-0.2, 0) is 4.79 Å². The highest BCUT2D eigenvalue weighted by Gasteiger charge is 2.21. The van der Waals surface area contributed by atoms with Gasteiger partial charge in [0.05, 0.1) is 4.92 Å². The summed E-state index contributed by atoms with van der Waals surface area (Å²) in [6.07, 6.45) is 1.26. The van der Waals surface area contributed by atoms with Crippen molar-refractivity contribution in [3.05, 3.63) is 64.2 Å². The van der Waals surface area contributed by atoms with Crippen LogP contribution in [0.5, 0.6) is 11.5 Å². The van der Waals surface area contributed by atoms with Gasteiger partial charge in [-0.05, 0) is 36.8 Å². The number of Topliss-reactive ketones (excluding diaryl/α,β-unsaturated/α-hetero) is 1. The lowest BCUT2D eigenvalue weighted by molar-refractivity contribution is -0.384. The summed E-state index contributed by atoms with van der Waals surface area (Å²) in [4.78, 5) is 23.9. The Bertz CT molecular complexity index is 746. The van der Waals surface area contributed by atoms with Gasteiger partial charge in [-0.1, -0.05) is 12.1 Å². The summed E-state index contributed by atoms with van der Waals surface area (Å²) in [5, 5.41) is 10.7. The summed E-state index contributed by atoms with van der Waals surface area (Å²) in [5.74, 6) is 1.58. The molecule has 6 nitrogen and oxygen atoms in total. The summed E-state index contributed by atoms with van der Waals surface area (Å²) in [7, 11) is 0. The topological polar surface area (TPSA) is 72.7 Å². The van der Waals surface area contributed by atoms with Gasteiger partial charge in [0.15, 0.2) is 0 Å². The SMILES string of the molecule is CC(c1ccc(Oc2ccc([N+](=O)[O-])cc2)cc1)N1CCC(=O)CC1. The van der Waals surface area contributed by atoms with E-state index in [0.717, 1.165) is 13.1 Å². The Balaban J connectivity index is 1.63. The van der Waals surface area contributed by atoms with Crippen molar-refractivity contribution < 1.29 is 14.5 Å². The van der Waals surface area contributed by atoms with Crippen LogP contribution in [0, 0.1) is 10.1 Å². The van der Waals surface area contributed by atoms with Crippen molar-refractivity contribution in [3.8, 4) is 11.5 Å². The Kier molecular flexibility index (Phi) is 5.09. The smallest absolute Gasteiger partial charge is 0.269 e. The minimum absolute atomic E-state index is 0.0385. The van der Waals surface area contributed by atoms with Gasteiger partial charge in [0, 0.05) is 44.1 Å². The van der Waals surface area contributed by atoms with Gasteiger partial charge in [-0.3, -0.25) is 19.8 Å². The van der Waals surface area contributed by atoms with Gasteiger partial charge in [0.25, 0.3) is 5.69 Å². The molecule has 25 heavy (non-hydrogen) atoms. The zero-order chi connectivity index (χ0) is 17.8. The van der Waals surface area contributed by atoms with Crippen LogP contribution in [0.2, 0.25) is 0 Å². The van der Waals surface area contributed by atoms with Crippen molar-refractivity contribution in [3.63, 3.8) is 0 Å². The molecule has 6 heteroatoms. The highest BCUT2D eigenvalue weighted by Crippen LogP contribution is 2.28. The van der Waals surface area contributed by atoms with E-state index in [2.05, 4.69) is 11.8 Å². The van der Waals surface area contributed by atoms with Crippen LogP contribution in [0.15, 0.2) is 48.5 Å². The fraction of sp³-hybridized carbons (Fsp3) is 0.316. The molecule has 0 N–H and O–H groups in total. The molecule has 1 atom stereocenters. The van der Waals surface area contributed by atoms with Crippen LogP contribution in [0.4, 0.5) is 5.69 Å². The molecule has 130 valence electrons. The largest absolute Gasteiger partial charge is 0.457 e.